The molecular formula is C21H32N6O. The lowest BCUT2D eigenvalue weighted by Crippen LogP contribution is -2.39. The molecule has 7 nitrogen and oxygen atoms in total. The van der Waals surface area contributed by atoms with Crippen LogP contribution in [0.15, 0.2) is 29.3 Å². The van der Waals surface area contributed by atoms with Gasteiger partial charge in [-0.2, -0.15) is 0 Å². The molecule has 1 aromatic heterocycles. The Morgan fingerprint density at radius 1 is 1.21 bits per heavy atom. The van der Waals surface area contributed by atoms with E-state index in [9.17, 15) is 4.79 Å². The molecule has 2 N–H and O–H groups in total. The number of amides is 1. The molecule has 2 aromatic rings. The van der Waals surface area contributed by atoms with Gasteiger partial charge in [-0.15, -0.1) is 0 Å². The van der Waals surface area contributed by atoms with Crippen LogP contribution in [-0.4, -0.2) is 59.0 Å². The second-order valence-electron chi connectivity index (χ2n) is 7.18. The minimum Gasteiger partial charge on any atom is -0.357 e. The molecule has 1 aromatic carbocycles. The molecule has 152 valence electrons. The quantitative estimate of drug-likeness (QED) is 0.416. The number of aromatic nitrogens is 2. The van der Waals surface area contributed by atoms with Crippen molar-refractivity contribution in [2.75, 3.05) is 32.7 Å². The number of fused-ring (bicyclic) bond motifs is 1. The number of aliphatic imine (C=N–C) groups is 1. The third-order valence-electron chi connectivity index (χ3n) is 5.09. The molecule has 2 heterocycles. The first-order chi connectivity index (χ1) is 13.7. The first-order valence-electron chi connectivity index (χ1n) is 10.4. The summed E-state index contributed by atoms with van der Waals surface area (Å²) in [5, 5.41) is 6.54. The summed E-state index contributed by atoms with van der Waals surface area (Å²) < 4.78 is 2.25. The van der Waals surface area contributed by atoms with Gasteiger partial charge in [0.2, 0.25) is 5.91 Å². The molecule has 0 bridgehead atoms. The third-order valence-corrected chi connectivity index (χ3v) is 5.09. The lowest BCUT2D eigenvalue weighted by atomic mass is 10.3. The van der Waals surface area contributed by atoms with Crippen molar-refractivity contribution in [1.29, 1.82) is 0 Å². The Hall–Kier alpha value is -2.57. The van der Waals surface area contributed by atoms with Gasteiger partial charge < -0.3 is 20.1 Å². The van der Waals surface area contributed by atoms with E-state index in [1.807, 2.05) is 30.9 Å². The van der Waals surface area contributed by atoms with Crippen LogP contribution in [0.3, 0.4) is 0 Å². The molecule has 0 spiro atoms. The topological polar surface area (TPSA) is 74.5 Å². The van der Waals surface area contributed by atoms with Crippen molar-refractivity contribution in [3.63, 3.8) is 0 Å². The number of imidazole rings is 1. The fraction of sp³-hybridized carbons (Fsp3) is 0.571. The molecule has 1 amide bonds. The van der Waals surface area contributed by atoms with Crippen LogP contribution in [-0.2, 0) is 11.3 Å². The number of hydrogen-bond donors (Lipinski definition) is 2. The minimum absolute atomic E-state index is 0.239. The molecule has 0 radical (unpaired) electrons. The van der Waals surface area contributed by atoms with E-state index in [-0.39, 0.29) is 5.91 Å². The highest BCUT2D eigenvalue weighted by Crippen LogP contribution is 2.15. The van der Waals surface area contributed by atoms with Crippen molar-refractivity contribution in [3.8, 4) is 0 Å². The summed E-state index contributed by atoms with van der Waals surface area (Å²) in [6.07, 6.45) is 3.72. The molecule has 3 rings (SSSR count). The zero-order valence-electron chi connectivity index (χ0n) is 17.1. The normalized spacial score (nSPS) is 14.6. The van der Waals surface area contributed by atoms with Gasteiger partial charge in [-0.25, -0.2) is 4.98 Å². The van der Waals surface area contributed by atoms with Gasteiger partial charge in [-0.05, 0) is 45.2 Å². The van der Waals surface area contributed by atoms with E-state index in [4.69, 9.17) is 0 Å². The molecule has 0 saturated carbocycles. The van der Waals surface area contributed by atoms with Crippen LogP contribution in [0.5, 0.6) is 0 Å². The lowest BCUT2D eigenvalue weighted by Gasteiger charge is -2.16. The summed E-state index contributed by atoms with van der Waals surface area (Å²) in [5.41, 5.74) is 2.22. The van der Waals surface area contributed by atoms with Gasteiger partial charge in [0.25, 0.3) is 0 Å². The van der Waals surface area contributed by atoms with E-state index in [1.165, 1.54) is 5.52 Å². The molecule has 7 heteroatoms. The Bertz CT molecular complexity index is 806. The second-order valence-corrected chi connectivity index (χ2v) is 7.18. The summed E-state index contributed by atoms with van der Waals surface area (Å²) in [6, 6.07) is 8.23. The molecule has 1 aliphatic heterocycles. The van der Waals surface area contributed by atoms with Crippen LogP contribution < -0.4 is 10.6 Å². The maximum atomic E-state index is 12.1. The maximum absolute atomic E-state index is 12.1. The van der Waals surface area contributed by atoms with Gasteiger partial charge in [0.05, 0.1) is 11.0 Å². The molecule has 1 saturated heterocycles. The monoisotopic (exact) mass is 384 g/mol. The minimum atomic E-state index is 0.239. The molecule has 28 heavy (non-hydrogen) atoms. The molecular weight excluding hydrogens is 352 g/mol. The van der Waals surface area contributed by atoms with Crippen LogP contribution in [0.25, 0.3) is 11.0 Å². The van der Waals surface area contributed by atoms with Crippen molar-refractivity contribution in [2.24, 2.45) is 4.99 Å². The fourth-order valence-electron chi connectivity index (χ4n) is 3.65. The van der Waals surface area contributed by atoms with Gasteiger partial charge in [0, 0.05) is 45.7 Å². The zero-order valence-corrected chi connectivity index (χ0v) is 17.1. The number of guanidine groups is 1. The van der Waals surface area contributed by atoms with Crippen molar-refractivity contribution in [1.82, 2.24) is 25.1 Å². The van der Waals surface area contributed by atoms with Gasteiger partial charge in [0.15, 0.2) is 5.96 Å². The number of nitrogens with zero attached hydrogens (tertiary/aromatic N) is 4. The van der Waals surface area contributed by atoms with E-state index in [0.29, 0.717) is 13.0 Å². The maximum Gasteiger partial charge on any atom is 0.224 e. The van der Waals surface area contributed by atoms with E-state index < -0.39 is 0 Å². The number of carbonyl (C=O) groups excluding carboxylic acids is 1. The highest BCUT2D eigenvalue weighted by molar-refractivity contribution is 5.81. The Morgan fingerprint density at radius 2 is 2.00 bits per heavy atom. The number of para-hydroxylation sites is 2. The molecule has 1 aliphatic rings. The Kier molecular flexibility index (Phi) is 7.28. The molecule has 1 fully saturated rings. The van der Waals surface area contributed by atoms with Crippen molar-refractivity contribution < 1.29 is 4.79 Å². The Morgan fingerprint density at radius 3 is 2.79 bits per heavy atom. The molecule has 0 unspecified atom stereocenters. The number of benzene rings is 1. The highest BCUT2D eigenvalue weighted by atomic mass is 16.2. The van der Waals surface area contributed by atoms with Gasteiger partial charge in [-0.1, -0.05) is 12.1 Å². The first kappa shape index (κ1) is 20.2. The van der Waals surface area contributed by atoms with Gasteiger partial charge >= 0.3 is 0 Å². The molecule has 0 aliphatic carbocycles. The summed E-state index contributed by atoms with van der Waals surface area (Å²) in [4.78, 5) is 23.4. The zero-order chi connectivity index (χ0) is 19.8. The van der Waals surface area contributed by atoms with E-state index >= 15 is 0 Å². The SMILES string of the molecule is CCNC(=NCCCn1c(C)nc2ccccc21)NCCC(=O)N1CCCC1. The number of likely N-dealkylation sites (tertiary alicyclic amines) is 1. The number of hydrogen-bond acceptors (Lipinski definition) is 3. The smallest absolute Gasteiger partial charge is 0.224 e. The van der Waals surface area contributed by atoms with Crippen molar-refractivity contribution in [3.05, 3.63) is 30.1 Å². The number of aryl methyl sites for hydroxylation is 2. The van der Waals surface area contributed by atoms with Gasteiger partial charge in [-0.3, -0.25) is 9.79 Å². The van der Waals surface area contributed by atoms with Crippen LogP contribution >= 0.6 is 0 Å². The van der Waals surface area contributed by atoms with E-state index in [2.05, 4.69) is 37.3 Å². The average molecular weight is 385 g/mol. The molecule has 0 atom stereocenters. The second kappa shape index (κ2) is 10.1. The number of rotatable bonds is 8. The predicted octanol–water partition coefficient (Wildman–Crippen LogP) is 2.30. The van der Waals surface area contributed by atoms with Crippen LogP contribution in [0, 0.1) is 6.92 Å². The Labute approximate surface area is 167 Å². The van der Waals surface area contributed by atoms with E-state index in [1.54, 1.807) is 0 Å². The predicted molar refractivity (Wildman–Crippen MR) is 113 cm³/mol. The van der Waals surface area contributed by atoms with Crippen LogP contribution in [0.2, 0.25) is 0 Å². The van der Waals surface area contributed by atoms with Crippen molar-refractivity contribution >= 4 is 22.9 Å². The van der Waals surface area contributed by atoms with Crippen LogP contribution in [0.4, 0.5) is 0 Å². The summed E-state index contributed by atoms with van der Waals surface area (Å²) in [7, 11) is 0. The summed E-state index contributed by atoms with van der Waals surface area (Å²) in [6.45, 7) is 8.96. The summed E-state index contributed by atoms with van der Waals surface area (Å²) in [5.74, 6) is 2.06. The number of nitrogens with one attached hydrogen (secondary N) is 2. The standard InChI is InChI=1S/C21H32N6O/c1-3-22-21(24-13-11-20(28)26-14-6-7-15-26)23-12-8-16-27-17(2)25-18-9-4-5-10-19(18)27/h4-5,9-10H,3,6-8,11-16H2,1-2H3,(H2,22,23,24). The largest absolute Gasteiger partial charge is 0.357 e. The van der Waals surface area contributed by atoms with Crippen molar-refractivity contribution in [2.45, 2.75) is 46.1 Å². The highest BCUT2D eigenvalue weighted by Gasteiger charge is 2.17. The van der Waals surface area contributed by atoms with Crippen LogP contribution in [0.1, 0.15) is 38.4 Å². The van der Waals surface area contributed by atoms with Gasteiger partial charge in [0.1, 0.15) is 5.82 Å². The number of carbonyl (C=O) groups is 1. The average Bonchev–Trinajstić information content (AvgIpc) is 3.33. The third kappa shape index (κ3) is 5.24. The fourth-order valence-corrected chi connectivity index (χ4v) is 3.65. The van der Waals surface area contributed by atoms with E-state index in [0.717, 1.165) is 69.3 Å². The lowest BCUT2D eigenvalue weighted by molar-refractivity contribution is -0.129. The first-order valence-corrected chi connectivity index (χ1v) is 10.4. The Balaban J connectivity index is 1.46. The summed E-state index contributed by atoms with van der Waals surface area (Å²) >= 11 is 0.